The van der Waals surface area contributed by atoms with Crippen molar-refractivity contribution < 1.29 is 4.39 Å². The van der Waals surface area contributed by atoms with Gasteiger partial charge in [-0.25, -0.2) is 9.07 Å². The Kier molecular flexibility index (Phi) is 3.67. The summed E-state index contributed by atoms with van der Waals surface area (Å²) in [5, 5.41) is 4.62. The SMILES string of the molecule is Fc1ccccc1C1CN(Cc2ccn(-c3ccccc3)n2)C1. The Morgan fingerprint density at radius 3 is 2.48 bits per heavy atom. The third kappa shape index (κ3) is 2.90. The normalized spacial score (nSPS) is 15.5. The molecule has 1 aliphatic heterocycles. The van der Waals surface area contributed by atoms with Crippen molar-refractivity contribution in [1.29, 1.82) is 0 Å². The van der Waals surface area contributed by atoms with Crippen molar-refractivity contribution in [2.24, 2.45) is 0 Å². The van der Waals surface area contributed by atoms with Gasteiger partial charge in [0.05, 0.1) is 11.4 Å². The van der Waals surface area contributed by atoms with Gasteiger partial charge in [0.15, 0.2) is 0 Å². The van der Waals surface area contributed by atoms with E-state index >= 15 is 0 Å². The van der Waals surface area contributed by atoms with Crippen molar-refractivity contribution >= 4 is 0 Å². The van der Waals surface area contributed by atoms with Crippen molar-refractivity contribution in [3.63, 3.8) is 0 Å². The molecule has 0 radical (unpaired) electrons. The quantitative estimate of drug-likeness (QED) is 0.734. The second-order valence-electron chi connectivity index (χ2n) is 6.00. The van der Waals surface area contributed by atoms with Gasteiger partial charge < -0.3 is 0 Å². The van der Waals surface area contributed by atoms with Gasteiger partial charge in [-0.05, 0) is 29.8 Å². The number of likely N-dealkylation sites (tertiary alicyclic amines) is 1. The average Bonchev–Trinajstić information content (AvgIpc) is 3.01. The molecule has 4 heteroatoms. The van der Waals surface area contributed by atoms with E-state index in [0.717, 1.165) is 36.6 Å². The molecule has 3 aromatic rings. The molecule has 1 aliphatic rings. The number of hydrogen-bond donors (Lipinski definition) is 0. The van der Waals surface area contributed by atoms with Crippen LogP contribution in [0.15, 0.2) is 66.9 Å². The van der Waals surface area contributed by atoms with Crippen LogP contribution < -0.4 is 0 Å². The van der Waals surface area contributed by atoms with Crippen LogP contribution in [0.5, 0.6) is 0 Å². The maximum absolute atomic E-state index is 13.8. The van der Waals surface area contributed by atoms with Crippen LogP contribution in [0.2, 0.25) is 0 Å². The molecule has 3 nitrogen and oxygen atoms in total. The number of benzene rings is 2. The van der Waals surface area contributed by atoms with Crippen molar-refractivity contribution in [1.82, 2.24) is 14.7 Å². The predicted octanol–water partition coefficient (Wildman–Crippen LogP) is 3.61. The minimum absolute atomic E-state index is 0.0921. The number of hydrogen-bond acceptors (Lipinski definition) is 2. The molecule has 0 atom stereocenters. The molecule has 0 N–H and O–H groups in total. The highest BCUT2D eigenvalue weighted by Gasteiger charge is 2.30. The van der Waals surface area contributed by atoms with E-state index in [4.69, 9.17) is 0 Å². The fourth-order valence-corrected chi connectivity index (χ4v) is 3.10. The third-order valence-corrected chi connectivity index (χ3v) is 4.35. The van der Waals surface area contributed by atoms with Gasteiger partial charge in [0.25, 0.3) is 0 Å². The van der Waals surface area contributed by atoms with E-state index in [1.807, 2.05) is 59.4 Å². The first-order valence-corrected chi connectivity index (χ1v) is 7.86. The summed E-state index contributed by atoms with van der Waals surface area (Å²) in [6.07, 6.45) is 1.98. The Bertz CT molecular complexity index is 791. The molecule has 4 rings (SSSR count). The fraction of sp³-hybridized carbons (Fsp3) is 0.211. The summed E-state index contributed by atoms with van der Waals surface area (Å²) in [7, 11) is 0. The van der Waals surface area contributed by atoms with Crippen molar-refractivity contribution in [2.75, 3.05) is 13.1 Å². The summed E-state index contributed by atoms with van der Waals surface area (Å²) in [6, 6.07) is 19.2. The third-order valence-electron chi connectivity index (χ3n) is 4.35. The van der Waals surface area contributed by atoms with Crippen LogP contribution in [0.3, 0.4) is 0 Å². The lowest BCUT2D eigenvalue weighted by Gasteiger charge is -2.39. The highest BCUT2D eigenvalue weighted by molar-refractivity contribution is 5.30. The average molecular weight is 307 g/mol. The van der Waals surface area contributed by atoms with Gasteiger partial charge in [-0.15, -0.1) is 0 Å². The van der Waals surface area contributed by atoms with E-state index < -0.39 is 0 Å². The van der Waals surface area contributed by atoms with Crippen LogP contribution in [-0.4, -0.2) is 27.8 Å². The zero-order chi connectivity index (χ0) is 15.6. The van der Waals surface area contributed by atoms with Gasteiger partial charge in [-0.1, -0.05) is 36.4 Å². The van der Waals surface area contributed by atoms with Crippen LogP contribution in [0.25, 0.3) is 5.69 Å². The Hall–Kier alpha value is -2.46. The van der Waals surface area contributed by atoms with E-state index in [-0.39, 0.29) is 5.82 Å². The topological polar surface area (TPSA) is 21.1 Å². The van der Waals surface area contributed by atoms with Gasteiger partial charge in [-0.3, -0.25) is 4.90 Å². The van der Waals surface area contributed by atoms with E-state index in [1.165, 1.54) is 0 Å². The van der Waals surface area contributed by atoms with Gasteiger partial charge in [0.2, 0.25) is 0 Å². The highest BCUT2D eigenvalue weighted by Crippen LogP contribution is 2.29. The summed E-state index contributed by atoms with van der Waals surface area (Å²) in [4.78, 5) is 2.30. The van der Waals surface area contributed by atoms with Gasteiger partial charge in [-0.2, -0.15) is 5.10 Å². The second-order valence-corrected chi connectivity index (χ2v) is 6.00. The van der Waals surface area contributed by atoms with E-state index in [0.29, 0.717) is 5.92 Å². The van der Waals surface area contributed by atoms with E-state index in [2.05, 4.69) is 10.00 Å². The first-order chi connectivity index (χ1) is 11.3. The molecular formula is C19H18FN3. The van der Waals surface area contributed by atoms with Gasteiger partial charge >= 0.3 is 0 Å². The number of aromatic nitrogens is 2. The predicted molar refractivity (Wildman–Crippen MR) is 88.0 cm³/mol. The zero-order valence-corrected chi connectivity index (χ0v) is 12.8. The minimum Gasteiger partial charge on any atom is -0.296 e. The zero-order valence-electron chi connectivity index (χ0n) is 12.8. The number of nitrogens with zero attached hydrogens (tertiary/aromatic N) is 3. The largest absolute Gasteiger partial charge is 0.296 e. The molecule has 1 saturated heterocycles. The molecule has 0 amide bonds. The molecule has 0 bridgehead atoms. The molecule has 2 aromatic carbocycles. The standard InChI is InChI=1S/C19H18FN3/c20-19-9-5-4-8-18(19)15-12-22(13-15)14-16-10-11-23(21-16)17-6-2-1-3-7-17/h1-11,15H,12-14H2. The lowest BCUT2D eigenvalue weighted by molar-refractivity contribution is 0.135. The summed E-state index contributed by atoms with van der Waals surface area (Å²) in [5.41, 5.74) is 2.94. The monoisotopic (exact) mass is 307 g/mol. The van der Waals surface area contributed by atoms with Gasteiger partial charge in [0.1, 0.15) is 5.82 Å². The summed E-state index contributed by atoms with van der Waals surface area (Å²) < 4.78 is 15.7. The van der Waals surface area contributed by atoms with Crippen LogP contribution >= 0.6 is 0 Å². The number of para-hydroxylation sites is 1. The van der Waals surface area contributed by atoms with E-state index in [1.54, 1.807) is 12.1 Å². The van der Waals surface area contributed by atoms with E-state index in [9.17, 15) is 4.39 Å². The number of halogens is 1. The maximum Gasteiger partial charge on any atom is 0.126 e. The molecule has 1 fully saturated rings. The summed E-state index contributed by atoms with van der Waals surface area (Å²) >= 11 is 0. The molecule has 1 aromatic heterocycles. The van der Waals surface area contributed by atoms with Crippen molar-refractivity contribution in [2.45, 2.75) is 12.5 Å². The lowest BCUT2D eigenvalue weighted by Crippen LogP contribution is -2.44. The minimum atomic E-state index is -0.0921. The lowest BCUT2D eigenvalue weighted by atomic mass is 9.91. The first-order valence-electron chi connectivity index (χ1n) is 7.86. The Labute approximate surface area is 135 Å². The molecule has 0 saturated carbocycles. The van der Waals surface area contributed by atoms with Crippen LogP contribution in [-0.2, 0) is 6.54 Å². The Morgan fingerprint density at radius 2 is 1.70 bits per heavy atom. The number of rotatable bonds is 4. The molecule has 23 heavy (non-hydrogen) atoms. The van der Waals surface area contributed by atoms with Crippen LogP contribution in [0, 0.1) is 5.82 Å². The second kappa shape index (κ2) is 5.97. The smallest absolute Gasteiger partial charge is 0.126 e. The Balaban J connectivity index is 1.38. The van der Waals surface area contributed by atoms with Crippen molar-refractivity contribution in [3.8, 4) is 5.69 Å². The summed E-state index contributed by atoms with van der Waals surface area (Å²) in [6.45, 7) is 2.59. The molecule has 0 aliphatic carbocycles. The van der Waals surface area contributed by atoms with Crippen LogP contribution in [0.1, 0.15) is 17.2 Å². The molecule has 2 heterocycles. The molecular weight excluding hydrogens is 289 g/mol. The Morgan fingerprint density at radius 1 is 0.957 bits per heavy atom. The van der Waals surface area contributed by atoms with Gasteiger partial charge in [0, 0.05) is 31.7 Å². The highest BCUT2D eigenvalue weighted by atomic mass is 19.1. The summed E-state index contributed by atoms with van der Waals surface area (Å²) in [5.74, 6) is 0.206. The molecule has 0 unspecified atom stereocenters. The first kappa shape index (κ1) is 14.2. The fourth-order valence-electron chi connectivity index (χ4n) is 3.10. The molecule has 116 valence electrons. The van der Waals surface area contributed by atoms with Crippen LogP contribution in [0.4, 0.5) is 4.39 Å². The molecule has 0 spiro atoms. The maximum atomic E-state index is 13.8. The van der Waals surface area contributed by atoms with Crippen molar-refractivity contribution in [3.05, 3.63) is 83.9 Å².